The summed E-state index contributed by atoms with van der Waals surface area (Å²) in [7, 11) is 0. The van der Waals surface area contributed by atoms with E-state index in [1.54, 1.807) is 6.07 Å². The van der Waals surface area contributed by atoms with Crippen LogP contribution >= 0.6 is 11.6 Å². The topological polar surface area (TPSA) is 64.3 Å². The van der Waals surface area contributed by atoms with Crippen molar-refractivity contribution in [2.45, 2.75) is 6.61 Å². The molecule has 2 aromatic rings. The second-order valence-electron chi connectivity index (χ2n) is 4.06. The van der Waals surface area contributed by atoms with E-state index in [0.717, 1.165) is 0 Å². The van der Waals surface area contributed by atoms with Crippen LogP contribution in [0.15, 0.2) is 42.5 Å². The molecule has 0 heterocycles. The summed E-state index contributed by atoms with van der Waals surface area (Å²) >= 11 is 5.82. The number of nitrogens with two attached hydrogens (primary N) is 1. The van der Waals surface area contributed by atoms with Crippen molar-refractivity contribution in [3.63, 3.8) is 0 Å². The summed E-state index contributed by atoms with van der Waals surface area (Å²) in [4.78, 5) is 12.1. The molecule has 0 aliphatic heterocycles. The molecule has 0 radical (unpaired) electrons. The molecule has 0 atom stereocenters. The Morgan fingerprint density at radius 1 is 1.24 bits per heavy atom. The van der Waals surface area contributed by atoms with Gasteiger partial charge in [0.2, 0.25) is 0 Å². The maximum atomic E-state index is 12.3. The summed E-state index contributed by atoms with van der Waals surface area (Å²) in [5.74, 6) is -0.842. The van der Waals surface area contributed by atoms with E-state index in [0.29, 0.717) is 16.4 Å². The van der Waals surface area contributed by atoms with Crippen LogP contribution in [0, 0.1) is 0 Å². The maximum Gasteiger partial charge on any atom is 0.387 e. The number of ether oxygens (including phenoxy) is 1. The molecule has 0 aliphatic carbocycles. The molecule has 2 rings (SSSR count). The van der Waals surface area contributed by atoms with Gasteiger partial charge in [-0.2, -0.15) is 8.78 Å². The molecule has 0 fully saturated rings. The third-order valence-electron chi connectivity index (χ3n) is 2.61. The first-order chi connectivity index (χ1) is 9.97. The van der Waals surface area contributed by atoms with Gasteiger partial charge in [0.1, 0.15) is 5.75 Å². The highest BCUT2D eigenvalue weighted by atomic mass is 35.5. The van der Waals surface area contributed by atoms with Gasteiger partial charge in [0.05, 0.1) is 16.9 Å². The number of hydrogen-bond acceptors (Lipinski definition) is 3. The lowest BCUT2D eigenvalue weighted by Crippen LogP contribution is -2.15. The second-order valence-corrected chi connectivity index (χ2v) is 4.50. The number of carbonyl (C=O) groups is 1. The average Bonchev–Trinajstić information content (AvgIpc) is 2.42. The van der Waals surface area contributed by atoms with Gasteiger partial charge in [-0.05, 0) is 30.3 Å². The summed E-state index contributed by atoms with van der Waals surface area (Å²) in [5, 5.41) is 2.89. The van der Waals surface area contributed by atoms with Crippen LogP contribution < -0.4 is 15.8 Å². The Hall–Kier alpha value is -2.34. The minimum Gasteiger partial charge on any atom is -0.434 e. The third kappa shape index (κ3) is 3.82. The van der Waals surface area contributed by atoms with E-state index >= 15 is 0 Å². The molecule has 3 N–H and O–H groups in total. The maximum absolute atomic E-state index is 12.3. The van der Waals surface area contributed by atoms with Crippen LogP contribution in [0.4, 0.5) is 20.2 Å². The zero-order valence-electron chi connectivity index (χ0n) is 10.6. The number of benzene rings is 2. The molecule has 7 heteroatoms. The molecule has 0 aliphatic rings. The van der Waals surface area contributed by atoms with Crippen LogP contribution in [0.3, 0.4) is 0 Å². The van der Waals surface area contributed by atoms with E-state index in [1.807, 2.05) is 0 Å². The van der Waals surface area contributed by atoms with Gasteiger partial charge >= 0.3 is 6.61 Å². The number of hydrogen-bond donors (Lipinski definition) is 2. The number of halogens is 3. The fraction of sp³-hybridized carbons (Fsp3) is 0.0714. The first-order valence-electron chi connectivity index (χ1n) is 5.87. The number of rotatable bonds is 4. The predicted molar refractivity (Wildman–Crippen MR) is 76.9 cm³/mol. The summed E-state index contributed by atoms with van der Waals surface area (Å²) in [5.41, 5.74) is 6.28. The quantitative estimate of drug-likeness (QED) is 0.845. The molecule has 110 valence electrons. The van der Waals surface area contributed by atoms with Crippen molar-refractivity contribution in [2.24, 2.45) is 0 Å². The molecular weight excluding hydrogens is 302 g/mol. The highest BCUT2D eigenvalue weighted by Crippen LogP contribution is 2.26. The molecule has 0 bridgehead atoms. The van der Waals surface area contributed by atoms with Crippen molar-refractivity contribution in [3.8, 4) is 5.75 Å². The van der Waals surface area contributed by atoms with E-state index in [9.17, 15) is 13.6 Å². The summed E-state index contributed by atoms with van der Waals surface area (Å²) in [6.45, 7) is -3.02. The van der Waals surface area contributed by atoms with Crippen molar-refractivity contribution >= 4 is 28.9 Å². The van der Waals surface area contributed by atoms with Crippen LogP contribution in [-0.2, 0) is 0 Å². The number of amides is 1. The Bertz CT molecular complexity index is 665. The van der Waals surface area contributed by atoms with E-state index < -0.39 is 12.5 Å². The van der Waals surface area contributed by atoms with Gasteiger partial charge < -0.3 is 15.8 Å². The third-order valence-corrected chi connectivity index (χ3v) is 2.85. The summed E-state index contributed by atoms with van der Waals surface area (Å²) in [6, 6.07) is 10.2. The van der Waals surface area contributed by atoms with Gasteiger partial charge in [-0.15, -0.1) is 0 Å². The van der Waals surface area contributed by atoms with Crippen molar-refractivity contribution in [3.05, 3.63) is 53.1 Å². The van der Waals surface area contributed by atoms with Crippen molar-refractivity contribution in [1.82, 2.24) is 0 Å². The molecule has 2 aromatic carbocycles. The Kier molecular flexibility index (Phi) is 4.59. The first kappa shape index (κ1) is 15.1. The van der Waals surface area contributed by atoms with Gasteiger partial charge in [-0.25, -0.2) is 0 Å². The fourth-order valence-corrected chi connectivity index (χ4v) is 1.85. The van der Waals surface area contributed by atoms with Crippen LogP contribution in [0.2, 0.25) is 5.02 Å². The van der Waals surface area contributed by atoms with Gasteiger partial charge in [-0.1, -0.05) is 23.7 Å². The zero-order valence-corrected chi connectivity index (χ0v) is 11.4. The number of carbonyl (C=O) groups excluding carboxylic acids is 1. The smallest absolute Gasteiger partial charge is 0.387 e. The number of anilines is 2. The lowest BCUT2D eigenvalue weighted by molar-refractivity contribution is -0.0501. The second kappa shape index (κ2) is 6.41. The van der Waals surface area contributed by atoms with Gasteiger partial charge in [0, 0.05) is 5.02 Å². The molecule has 0 unspecified atom stereocenters. The van der Waals surface area contributed by atoms with Gasteiger partial charge in [0.25, 0.3) is 5.91 Å². The molecule has 21 heavy (non-hydrogen) atoms. The van der Waals surface area contributed by atoms with Crippen LogP contribution in [0.25, 0.3) is 0 Å². The van der Waals surface area contributed by atoms with Crippen LogP contribution in [0.5, 0.6) is 5.75 Å². The fourth-order valence-electron chi connectivity index (χ4n) is 1.68. The molecule has 0 spiro atoms. The van der Waals surface area contributed by atoms with Crippen molar-refractivity contribution in [1.29, 1.82) is 0 Å². The largest absolute Gasteiger partial charge is 0.434 e. The number of para-hydroxylation sites is 1. The molecular formula is C14H11ClF2N2O2. The normalized spacial score (nSPS) is 10.5. The van der Waals surface area contributed by atoms with E-state index in [2.05, 4.69) is 10.1 Å². The zero-order chi connectivity index (χ0) is 15.4. The molecule has 1 amide bonds. The molecule has 0 saturated heterocycles. The molecule has 0 aromatic heterocycles. The predicted octanol–water partition coefficient (Wildman–Crippen LogP) is 3.78. The van der Waals surface area contributed by atoms with Gasteiger partial charge in [-0.3, -0.25) is 4.79 Å². The molecule has 0 saturated carbocycles. The number of nitrogens with one attached hydrogen (secondary N) is 1. The lowest BCUT2D eigenvalue weighted by Gasteiger charge is -2.12. The Balaban J connectivity index is 2.26. The standard InChI is InChI=1S/C14H11ClF2N2O2/c15-8-5-6-10(18)11(7-8)19-13(20)9-3-1-2-4-12(9)21-14(16)17/h1-7,14H,18H2,(H,19,20). The van der Waals surface area contributed by atoms with Gasteiger partial charge in [0.15, 0.2) is 0 Å². The first-order valence-corrected chi connectivity index (χ1v) is 6.25. The average molecular weight is 313 g/mol. The Labute approximate surface area is 124 Å². The highest BCUT2D eigenvalue weighted by Gasteiger charge is 2.16. The van der Waals surface area contributed by atoms with Crippen molar-refractivity contribution in [2.75, 3.05) is 11.1 Å². The molecule has 4 nitrogen and oxygen atoms in total. The Morgan fingerprint density at radius 3 is 2.67 bits per heavy atom. The van der Waals surface area contributed by atoms with Crippen LogP contribution in [0.1, 0.15) is 10.4 Å². The monoisotopic (exact) mass is 312 g/mol. The van der Waals surface area contributed by atoms with E-state index in [4.69, 9.17) is 17.3 Å². The minimum atomic E-state index is -3.02. The van der Waals surface area contributed by atoms with E-state index in [1.165, 1.54) is 36.4 Å². The summed E-state index contributed by atoms with van der Waals surface area (Å²) in [6.07, 6.45) is 0. The SMILES string of the molecule is Nc1ccc(Cl)cc1NC(=O)c1ccccc1OC(F)F. The van der Waals surface area contributed by atoms with Crippen LogP contribution in [-0.4, -0.2) is 12.5 Å². The van der Waals surface area contributed by atoms with E-state index in [-0.39, 0.29) is 11.3 Å². The number of nitrogen functional groups attached to an aromatic ring is 1. The van der Waals surface area contributed by atoms with Crippen molar-refractivity contribution < 1.29 is 18.3 Å². The Morgan fingerprint density at radius 2 is 1.95 bits per heavy atom. The summed E-state index contributed by atoms with van der Waals surface area (Å²) < 4.78 is 28.9. The lowest BCUT2D eigenvalue weighted by atomic mass is 10.1. The highest BCUT2D eigenvalue weighted by molar-refractivity contribution is 6.31. The number of alkyl halides is 2. The minimum absolute atomic E-state index is 0.0304.